The second-order valence-electron chi connectivity index (χ2n) is 5.14. The van der Waals surface area contributed by atoms with Crippen LogP contribution in [0, 0.1) is 23.7 Å². The van der Waals surface area contributed by atoms with Crippen LogP contribution in [-0.2, 0) is 0 Å². The van der Waals surface area contributed by atoms with Crippen molar-refractivity contribution in [1.82, 2.24) is 0 Å². The lowest BCUT2D eigenvalue weighted by Crippen LogP contribution is -2.19. The summed E-state index contributed by atoms with van der Waals surface area (Å²) in [7, 11) is 0. The molecule has 0 saturated heterocycles. The minimum absolute atomic E-state index is 1.04. The molecular formula is C12H22. The van der Waals surface area contributed by atoms with Gasteiger partial charge in [0.05, 0.1) is 0 Å². The fraction of sp³-hybridized carbons (Fsp3) is 1.00. The van der Waals surface area contributed by atoms with E-state index in [0.29, 0.717) is 0 Å². The third kappa shape index (κ3) is 1.41. The molecule has 0 aromatic rings. The molecule has 0 heterocycles. The van der Waals surface area contributed by atoms with Crippen LogP contribution in [0.2, 0.25) is 0 Å². The Morgan fingerprint density at radius 3 is 1.33 bits per heavy atom. The molecule has 2 fully saturated rings. The molecule has 0 heteroatoms. The first-order chi connectivity index (χ1) is 5.79. The third-order valence-corrected chi connectivity index (χ3v) is 4.41. The second-order valence-corrected chi connectivity index (χ2v) is 5.14. The predicted molar refractivity (Wildman–Crippen MR) is 53.0 cm³/mol. The van der Waals surface area contributed by atoms with Gasteiger partial charge in [0.15, 0.2) is 0 Å². The topological polar surface area (TPSA) is 0 Å². The van der Waals surface area contributed by atoms with E-state index in [1.54, 1.807) is 0 Å². The highest BCUT2D eigenvalue weighted by molar-refractivity contribution is 4.86. The van der Waals surface area contributed by atoms with Gasteiger partial charge in [-0.2, -0.15) is 0 Å². The Morgan fingerprint density at radius 1 is 0.667 bits per heavy atom. The molecule has 0 aliphatic heterocycles. The van der Waals surface area contributed by atoms with Crippen molar-refractivity contribution in [2.75, 3.05) is 0 Å². The van der Waals surface area contributed by atoms with E-state index < -0.39 is 0 Å². The Morgan fingerprint density at radius 2 is 1.08 bits per heavy atom. The zero-order chi connectivity index (χ0) is 8.55. The van der Waals surface area contributed by atoms with Gasteiger partial charge in [-0.05, 0) is 36.5 Å². The summed E-state index contributed by atoms with van der Waals surface area (Å²) in [5, 5.41) is 0. The lowest BCUT2D eigenvalue weighted by molar-refractivity contribution is 0.230. The first-order valence-corrected chi connectivity index (χ1v) is 5.79. The van der Waals surface area contributed by atoms with Crippen LogP contribution in [0.1, 0.15) is 52.4 Å². The molecule has 0 unspecified atom stereocenters. The summed E-state index contributed by atoms with van der Waals surface area (Å²) in [5.41, 5.74) is 0. The Balaban J connectivity index is 1.98. The smallest absolute Gasteiger partial charge is 0.0358 e. The van der Waals surface area contributed by atoms with Gasteiger partial charge in [-0.1, -0.05) is 39.5 Å². The SMILES string of the molecule is C[C@H]1CCC[C@H]1[C@@H]1CCC[C@@H]1C. The second kappa shape index (κ2) is 3.40. The standard InChI is InChI=1S/C12H22/c1-9-5-3-7-11(9)12-8-4-6-10(12)2/h9-12H,3-8H2,1-2H3/t9-,10-,11+,12+/m0/s1. The number of hydrogen-bond donors (Lipinski definition) is 0. The predicted octanol–water partition coefficient (Wildman–Crippen LogP) is 3.86. The molecule has 0 spiro atoms. The summed E-state index contributed by atoms with van der Waals surface area (Å²) in [6.07, 6.45) is 9.11. The minimum Gasteiger partial charge on any atom is -0.0622 e. The first-order valence-electron chi connectivity index (χ1n) is 5.79. The van der Waals surface area contributed by atoms with Crippen molar-refractivity contribution in [2.24, 2.45) is 23.7 Å². The molecule has 0 bridgehead atoms. The highest BCUT2D eigenvalue weighted by Gasteiger charge is 2.35. The van der Waals surface area contributed by atoms with Crippen LogP contribution >= 0.6 is 0 Å². The van der Waals surface area contributed by atoms with Gasteiger partial charge >= 0.3 is 0 Å². The van der Waals surface area contributed by atoms with E-state index in [1.807, 2.05) is 0 Å². The van der Waals surface area contributed by atoms with Gasteiger partial charge in [-0.25, -0.2) is 0 Å². The van der Waals surface area contributed by atoms with Crippen molar-refractivity contribution in [3.63, 3.8) is 0 Å². The molecule has 2 rings (SSSR count). The molecule has 0 aromatic carbocycles. The van der Waals surface area contributed by atoms with E-state index in [4.69, 9.17) is 0 Å². The van der Waals surface area contributed by atoms with Crippen molar-refractivity contribution < 1.29 is 0 Å². The van der Waals surface area contributed by atoms with E-state index >= 15 is 0 Å². The molecule has 0 N–H and O–H groups in total. The van der Waals surface area contributed by atoms with Gasteiger partial charge in [0, 0.05) is 0 Å². The fourth-order valence-corrected chi connectivity index (χ4v) is 3.62. The fourth-order valence-electron chi connectivity index (χ4n) is 3.62. The lowest BCUT2D eigenvalue weighted by atomic mass is 9.79. The average molecular weight is 166 g/mol. The summed E-state index contributed by atoms with van der Waals surface area (Å²) in [4.78, 5) is 0. The maximum atomic E-state index is 2.47. The molecule has 0 nitrogen and oxygen atoms in total. The zero-order valence-electron chi connectivity index (χ0n) is 8.55. The minimum atomic E-state index is 1.04. The number of rotatable bonds is 1. The van der Waals surface area contributed by atoms with Gasteiger partial charge in [0.25, 0.3) is 0 Å². The van der Waals surface area contributed by atoms with Crippen LogP contribution in [0.3, 0.4) is 0 Å². The maximum Gasteiger partial charge on any atom is -0.0358 e. The van der Waals surface area contributed by atoms with Crippen molar-refractivity contribution >= 4 is 0 Å². The summed E-state index contributed by atoms with van der Waals surface area (Å²) >= 11 is 0. The monoisotopic (exact) mass is 166 g/mol. The van der Waals surface area contributed by atoms with Gasteiger partial charge in [-0.3, -0.25) is 0 Å². The molecule has 2 saturated carbocycles. The molecular weight excluding hydrogens is 144 g/mol. The van der Waals surface area contributed by atoms with Crippen molar-refractivity contribution in [2.45, 2.75) is 52.4 Å². The largest absolute Gasteiger partial charge is 0.0622 e. The van der Waals surface area contributed by atoms with Crippen LogP contribution in [0.25, 0.3) is 0 Å². The van der Waals surface area contributed by atoms with Gasteiger partial charge < -0.3 is 0 Å². The molecule has 0 radical (unpaired) electrons. The maximum absolute atomic E-state index is 2.47. The number of hydrogen-bond acceptors (Lipinski definition) is 0. The van der Waals surface area contributed by atoms with Gasteiger partial charge in [0.2, 0.25) is 0 Å². The van der Waals surface area contributed by atoms with Gasteiger partial charge in [-0.15, -0.1) is 0 Å². The molecule has 0 amide bonds. The van der Waals surface area contributed by atoms with Crippen molar-refractivity contribution in [3.05, 3.63) is 0 Å². The highest BCUT2D eigenvalue weighted by Crippen LogP contribution is 2.46. The molecule has 2 aliphatic rings. The van der Waals surface area contributed by atoms with Gasteiger partial charge in [0.1, 0.15) is 0 Å². The Hall–Kier alpha value is 0. The summed E-state index contributed by atoms with van der Waals surface area (Å²) in [6.45, 7) is 4.95. The zero-order valence-corrected chi connectivity index (χ0v) is 8.55. The summed E-state index contributed by atoms with van der Waals surface area (Å²) in [5.74, 6) is 4.27. The molecule has 2 aliphatic carbocycles. The van der Waals surface area contributed by atoms with E-state index in [0.717, 1.165) is 23.7 Å². The molecule has 0 aromatic heterocycles. The van der Waals surface area contributed by atoms with Crippen LogP contribution in [0.4, 0.5) is 0 Å². The summed E-state index contributed by atoms with van der Waals surface area (Å²) < 4.78 is 0. The van der Waals surface area contributed by atoms with Crippen LogP contribution in [0.5, 0.6) is 0 Å². The Bertz CT molecular complexity index is 132. The molecule has 4 atom stereocenters. The Kier molecular flexibility index (Phi) is 2.43. The normalized spacial score (nSPS) is 48.5. The lowest BCUT2D eigenvalue weighted by Gasteiger charge is -2.26. The van der Waals surface area contributed by atoms with E-state index in [1.165, 1.54) is 38.5 Å². The Labute approximate surface area is 76.7 Å². The van der Waals surface area contributed by atoms with Crippen LogP contribution < -0.4 is 0 Å². The van der Waals surface area contributed by atoms with Crippen LogP contribution in [-0.4, -0.2) is 0 Å². The quantitative estimate of drug-likeness (QED) is 0.555. The first kappa shape index (κ1) is 8.59. The van der Waals surface area contributed by atoms with Crippen LogP contribution in [0.15, 0.2) is 0 Å². The van der Waals surface area contributed by atoms with E-state index in [2.05, 4.69) is 13.8 Å². The highest BCUT2D eigenvalue weighted by atomic mass is 14.4. The average Bonchev–Trinajstić information content (AvgIpc) is 2.59. The van der Waals surface area contributed by atoms with E-state index in [-0.39, 0.29) is 0 Å². The third-order valence-electron chi connectivity index (χ3n) is 4.41. The molecule has 70 valence electrons. The molecule has 12 heavy (non-hydrogen) atoms. The van der Waals surface area contributed by atoms with E-state index in [9.17, 15) is 0 Å². The summed E-state index contributed by atoms with van der Waals surface area (Å²) in [6, 6.07) is 0. The van der Waals surface area contributed by atoms with Crippen molar-refractivity contribution in [3.8, 4) is 0 Å². The van der Waals surface area contributed by atoms with Crippen molar-refractivity contribution in [1.29, 1.82) is 0 Å².